The predicted molar refractivity (Wildman–Crippen MR) is 125 cm³/mol. The van der Waals surface area contributed by atoms with Gasteiger partial charge in [0.2, 0.25) is 0 Å². The molecule has 0 fully saturated rings. The van der Waals surface area contributed by atoms with Crippen LogP contribution >= 0.6 is 23.2 Å². The normalized spacial score (nSPS) is 10.4. The van der Waals surface area contributed by atoms with Crippen molar-refractivity contribution in [3.8, 4) is 0 Å². The van der Waals surface area contributed by atoms with Crippen LogP contribution in [0.3, 0.4) is 0 Å². The fraction of sp³-hybridized carbons (Fsp3) is 0.381. The number of ether oxygens (including phenoxy) is 3. The molecule has 0 spiro atoms. The first-order chi connectivity index (χ1) is 15.4. The molecule has 1 amide bonds. The number of esters is 2. The van der Waals surface area contributed by atoms with Gasteiger partial charge in [-0.25, -0.2) is 24.4 Å². The van der Waals surface area contributed by atoms with Crippen LogP contribution in [-0.2, 0) is 14.2 Å². The number of rotatable bonds is 5. The van der Waals surface area contributed by atoms with E-state index in [0.717, 1.165) is 0 Å². The molecular weight excluding hydrogens is 475 g/mol. The molecule has 0 aliphatic carbocycles. The van der Waals surface area contributed by atoms with Crippen molar-refractivity contribution in [3.63, 3.8) is 0 Å². The van der Waals surface area contributed by atoms with Gasteiger partial charge in [-0.3, -0.25) is 5.32 Å². The molecule has 0 aliphatic rings. The minimum absolute atomic E-state index is 0.00301. The number of anilines is 2. The number of carbonyl (C=O) groups excluding carboxylic acids is 3. The van der Waals surface area contributed by atoms with E-state index in [1.54, 1.807) is 34.6 Å². The van der Waals surface area contributed by atoms with E-state index in [1.807, 2.05) is 0 Å². The van der Waals surface area contributed by atoms with Gasteiger partial charge in [-0.2, -0.15) is 0 Å². The number of pyridine rings is 2. The Morgan fingerprint density at radius 3 is 1.85 bits per heavy atom. The summed E-state index contributed by atoms with van der Waals surface area (Å²) >= 11 is 11.6. The first-order valence-electron chi connectivity index (χ1n) is 9.78. The first-order valence-corrected chi connectivity index (χ1v) is 10.5. The molecule has 3 N–H and O–H groups in total. The van der Waals surface area contributed by atoms with E-state index in [9.17, 15) is 14.4 Å². The van der Waals surface area contributed by atoms with Crippen LogP contribution in [0.1, 0.15) is 55.6 Å². The summed E-state index contributed by atoms with van der Waals surface area (Å²) in [5.74, 6) is -1.14. The molecule has 0 aliphatic heterocycles. The van der Waals surface area contributed by atoms with Gasteiger partial charge in [0.1, 0.15) is 5.60 Å². The molecule has 10 nitrogen and oxygen atoms in total. The van der Waals surface area contributed by atoms with Crippen LogP contribution in [0.15, 0.2) is 24.5 Å². The monoisotopic (exact) mass is 500 g/mol. The van der Waals surface area contributed by atoms with Crippen molar-refractivity contribution >= 4 is 52.6 Å². The van der Waals surface area contributed by atoms with Gasteiger partial charge in [0.25, 0.3) is 0 Å². The van der Waals surface area contributed by atoms with Crippen LogP contribution in [0.5, 0.6) is 0 Å². The Hall–Kier alpha value is -3.11. The molecule has 2 heterocycles. The Labute approximate surface area is 201 Å². The highest BCUT2D eigenvalue weighted by molar-refractivity contribution is 6.34. The maximum Gasteiger partial charge on any atom is 0.412 e. The largest absolute Gasteiger partial charge is 0.461 e. The molecule has 0 unspecified atom stereocenters. The quantitative estimate of drug-likeness (QED) is 0.438. The number of nitrogens with zero attached hydrogens (tertiary/aromatic N) is 2. The first kappa shape index (κ1) is 27.9. The standard InChI is InChI=1S/C13H17ClN2O4.C8H9ClN2O2/c1-5-19-11(17)10-9(14)6-8(7-15-10)16-12(18)20-13(2,3)4;1-2-13-8(12)7-6(9)3-5(10)4-11-7/h6-7H,5H2,1-4H3,(H,16,18);3-4H,2,10H2,1H3. The molecule has 2 rings (SSSR count). The molecule has 12 heteroatoms. The summed E-state index contributed by atoms with van der Waals surface area (Å²) < 4.78 is 14.6. The Bertz CT molecular complexity index is 995. The van der Waals surface area contributed by atoms with Crippen molar-refractivity contribution in [1.82, 2.24) is 9.97 Å². The van der Waals surface area contributed by atoms with Gasteiger partial charge < -0.3 is 19.9 Å². The molecule has 2 aromatic heterocycles. The average Bonchev–Trinajstić information content (AvgIpc) is 2.67. The van der Waals surface area contributed by atoms with Crippen molar-refractivity contribution < 1.29 is 28.6 Å². The molecule has 0 saturated carbocycles. The number of nitrogens with one attached hydrogen (secondary N) is 1. The van der Waals surface area contributed by atoms with Gasteiger partial charge in [0.15, 0.2) is 11.4 Å². The van der Waals surface area contributed by atoms with Crippen molar-refractivity contribution in [1.29, 1.82) is 0 Å². The Morgan fingerprint density at radius 2 is 1.42 bits per heavy atom. The molecule has 0 aromatic carbocycles. The summed E-state index contributed by atoms with van der Waals surface area (Å²) in [7, 11) is 0. The maximum atomic E-state index is 11.6. The number of nitrogen functional groups attached to an aromatic ring is 1. The predicted octanol–water partition coefficient (Wildman–Crippen LogP) is 4.75. The third kappa shape index (κ3) is 9.92. The Kier molecular flexibility index (Phi) is 10.8. The van der Waals surface area contributed by atoms with E-state index in [1.165, 1.54) is 24.5 Å². The summed E-state index contributed by atoms with van der Waals surface area (Å²) in [5.41, 5.74) is 5.64. The average molecular weight is 501 g/mol. The Balaban J connectivity index is 0.000000361. The van der Waals surface area contributed by atoms with E-state index in [2.05, 4.69) is 15.3 Å². The zero-order valence-electron chi connectivity index (χ0n) is 18.9. The minimum Gasteiger partial charge on any atom is -0.461 e. The highest BCUT2D eigenvalue weighted by Crippen LogP contribution is 2.20. The van der Waals surface area contributed by atoms with Gasteiger partial charge in [-0.15, -0.1) is 0 Å². The van der Waals surface area contributed by atoms with Crippen LogP contribution in [0, 0.1) is 0 Å². The van der Waals surface area contributed by atoms with Crippen LogP contribution < -0.4 is 11.1 Å². The number of nitrogens with two attached hydrogens (primary N) is 1. The van der Waals surface area contributed by atoms with Gasteiger partial charge >= 0.3 is 18.0 Å². The summed E-state index contributed by atoms with van der Waals surface area (Å²) in [6.07, 6.45) is 2.04. The van der Waals surface area contributed by atoms with Crippen molar-refractivity contribution in [3.05, 3.63) is 46.0 Å². The molecule has 180 valence electrons. The minimum atomic E-state index is -0.626. The van der Waals surface area contributed by atoms with E-state index in [-0.39, 0.29) is 28.0 Å². The third-order valence-electron chi connectivity index (χ3n) is 3.29. The van der Waals surface area contributed by atoms with Gasteiger partial charge in [-0.05, 0) is 46.8 Å². The van der Waals surface area contributed by atoms with E-state index >= 15 is 0 Å². The lowest BCUT2D eigenvalue weighted by molar-refractivity contribution is 0.0510. The smallest absolute Gasteiger partial charge is 0.412 e. The van der Waals surface area contributed by atoms with Crippen LogP contribution in [0.25, 0.3) is 0 Å². The number of hydrogen-bond donors (Lipinski definition) is 2. The maximum absolute atomic E-state index is 11.6. The number of halogens is 2. The number of carbonyl (C=O) groups is 3. The zero-order chi connectivity index (χ0) is 25.2. The lowest BCUT2D eigenvalue weighted by Crippen LogP contribution is -2.27. The van der Waals surface area contributed by atoms with Crippen LogP contribution in [0.4, 0.5) is 16.2 Å². The SMILES string of the molecule is CCOC(=O)c1ncc(N)cc1Cl.CCOC(=O)c1ncc(NC(=O)OC(C)(C)C)cc1Cl. The van der Waals surface area contributed by atoms with E-state index < -0.39 is 23.6 Å². The summed E-state index contributed by atoms with van der Waals surface area (Å²) in [6, 6.07) is 2.87. The van der Waals surface area contributed by atoms with Gasteiger partial charge in [-0.1, -0.05) is 23.2 Å². The molecule has 0 radical (unpaired) electrons. The fourth-order valence-corrected chi connectivity index (χ4v) is 2.58. The topological polar surface area (TPSA) is 143 Å². The van der Waals surface area contributed by atoms with E-state index in [4.69, 9.17) is 43.1 Å². The summed E-state index contributed by atoms with van der Waals surface area (Å²) in [6.45, 7) is 9.17. The number of hydrogen-bond acceptors (Lipinski definition) is 9. The molecule has 0 bridgehead atoms. The van der Waals surface area contributed by atoms with Crippen LogP contribution in [-0.4, -0.2) is 46.8 Å². The molecule has 33 heavy (non-hydrogen) atoms. The highest BCUT2D eigenvalue weighted by atomic mass is 35.5. The van der Waals surface area contributed by atoms with Crippen molar-refractivity contribution in [2.75, 3.05) is 24.3 Å². The second-order valence-corrected chi connectivity index (χ2v) is 8.04. The lowest BCUT2D eigenvalue weighted by Gasteiger charge is -2.19. The molecule has 2 aromatic rings. The van der Waals surface area contributed by atoms with Crippen molar-refractivity contribution in [2.24, 2.45) is 0 Å². The molecule has 0 saturated heterocycles. The second kappa shape index (κ2) is 12.8. The van der Waals surface area contributed by atoms with E-state index in [0.29, 0.717) is 18.0 Å². The third-order valence-corrected chi connectivity index (χ3v) is 3.86. The zero-order valence-corrected chi connectivity index (χ0v) is 20.4. The molecular formula is C21H26Cl2N4O6. The van der Waals surface area contributed by atoms with Gasteiger partial charge in [0.05, 0.1) is 47.0 Å². The van der Waals surface area contributed by atoms with Gasteiger partial charge in [0, 0.05) is 0 Å². The number of aromatic nitrogens is 2. The van der Waals surface area contributed by atoms with Crippen LogP contribution in [0.2, 0.25) is 10.0 Å². The summed E-state index contributed by atoms with van der Waals surface area (Å²) in [5, 5.41) is 2.78. The lowest BCUT2D eigenvalue weighted by atomic mass is 10.2. The second-order valence-electron chi connectivity index (χ2n) is 7.22. The summed E-state index contributed by atoms with van der Waals surface area (Å²) in [4.78, 5) is 41.9. The Morgan fingerprint density at radius 1 is 0.939 bits per heavy atom. The highest BCUT2D eigenvalue weighted by Gasteiger charge is 2.18. The number of amides is 1. The molecule has 0 atom stereocenters. The van der Waals surface area contributed by atoms with Crippen molar-refractivity contribution in [2.45, 2.75) is 40.2 Å². The fourth-order valence-electron chi connectivity index (χ4n) is 2.08.